The van der Waals surface area contributed by atoms with Gasteiger partial charge in [0, 0.05) is 49.7 Å². The Morgan fingerprint density at radius 2 is 1.05 bits per heavy atom. The highest BCUT2D eigenvalue weighted by molar-refractivity contribution is 6.29. The summed E-state index contributed by atoms with van der Waals surface area (Å²) in [5, 5.41) is 2.79. The molecule has 0 bridgehead atoms. The van der Waals surface area contributed by atoms with Crippen LogP contribution in [0.2, 0.25) is 0 Å². The van der Waals surface area contributed by atoms with E-state index in [9.17, 15) is 2.74 Å². The zero-order chi connectivity index (χ0) is 35.9. The van der Waals surface area contributed by atoms with Crippen LogP contribution in [0.4, 0.5) is 0 Å². The predicted octanol–water partition coefficient (Wildman–Crippen LogP) is 9.78. The molecule has 0 saturated carbocycles. The van der Waals surface area contributed by atoms with Crippen molar-refractivity contribution in [2.24, 2.45) is 0 Å². The minimum Gasteiger partial charge on any atom is -0.456 e. The number of hydrogen-bond donors (Lipinski definition) is 0. The molecular formula is C36H22N2O. The number of aromatic nitrogens is 2. The molecule has 9 rings (SSSR count). The normalized spacial score (nSPS) is 16.4. The molecule has 3 nitrogen and oxygen atoms in total. The zero-order valence-corrected chi connectivity index (χ0v) is 20.1. The van der Waals surface area contributed by atoms with Gasteiger partial charge in [0.1, 0.15) is 11.2 Å². The Kier molecular flexibility index (Phi) is 2.44. The van der Waals surface area contributed by atoms with E-state index in [1.54, 1.807) is 21.3 Å². The lowest BCUT2D eigenvalue weighted by atomic mass is 10.1. The molecule has 0 saturated heterocycles. The highest BCUT2D eigenvalue weighted by atomic mass is 16.3. The first-order valence-corrected chi connectivity index (χ1v) is 12.3. The van der Waals surface area contributed by atoms with Crippen LogP contribution in [0.1, 0.15) is 16.4 Å². The third-order valence-electron chi connectivity index (χ3n) is 7.28. The second kappa shape index (κ2) is 7.62. The van der Waals surface area contributed by atoms with Crippen molar-refractivity contribution in [1.29, 1.82) is 0 Å². The van der Waals surface area contributed by atoms with Gasteiger partial charge in [0.15, 0.2) is 0 Å². The highest BCUT2D eigenvalue weighted by Crippen LogP contribution is 2.42. The van der Waals surface area contributed by atoms with Gasteiger partial charge in [0.2, 0.25) is 0 Å². The first-order chi connectivity index (χ1) is 24.4. The van der Waals surface area contributed by atoms with Gasteiger partial charge in [-0.3, -0.25) is 0 Å². The lowest BCUT2D eigenvalue weighted by Gasteiger charge is -2.09. The minimum absolute atomic E-state index is 0.000520. The molecule has 0 unspecified atom stereocenters. The Morgan fingerprint density at radius 3 is 1.77 bits per heavy atom. The van der Waals surface area contributed by atoms with Crippen LogP contribution in [0.15, 0.2) is 138 Å². The molecule has 0 fully saturated rings. The standard InChI is InChI=1S/C36H22N2O/c1-2-10-23(11-3-1)37-29-15-7-4-13-27(29)35-31(37)20-21-32-36(35)28-14-5-8-16-30(28)38(32)24-18-19-26-25-12-6-9-17-33(25)39-34(26)22-24/h1-22H/i1D,2D,3D,6D,9D,10D,11D,12D,17D,18D,19D,22D. The Balaban J connectivity index is 1.46. The summed E-state index contributed by atoms with van der Waals surface area (Å²) in [4.78, 5) is 0. The summed E-state index contributed by atoms with van der Waals surface area (Å²) in [5.41, 5.74) is 2.02. The Hall–Kier alpha value is -5.28. The molecule has 0 aliphatic carbocycles. The van der Waals surface area contributed by atoms with Crippen molar-refractivity contribution in [3.05, 3.63) is 133 Å². The second-order valence-corrected chi connectivity index (χ2v) is 9.27. The fourth-order valence-corrected chi connectivity index (χ4v) is 5.76. The lowest BCUT2D eigenvalue weighted by molar-refractivity contribution is 0.668. The maximum atomic E-state index is 9.37. The zero-order valence-electron chi connectivity index (χ0n) is 32.1. The molecule has 0 spiro atoms. The van der Waals surface area contributed by atoms with Crippen molar-refractivity contribution in [2.45, 2.75) is 0 Å². The number of hydrogen-bond acceptors (Lipinski definition) is 1. The molecule has 6 aromatic carbocycles. The maximum Gasteiger partial charge on any atom is 0.137 e. The van der Waals surface area contributed by atoms with Crippen LogP contribution < -0.4 is 0 Å². The largest absolute Gasteiger partial charge is 0.456 e. The summed E-state index contributed by atoms with van der Waals surface area (Å²) < 4.78 is 113. The quantitative estimate of drug-likeness (QED) is 0.227. The summed E-state index contributed by atoms with van der Waals surface area (Å²) >= 11 is 0. The van der Waals surface area contributed by atoms with Crippen LogP contribution >= 0.6 is 0 Å². The summed E-state index contributed by atoms with van der Waals surface area (Å²) in [5.74, 6) is 0. The first-order valence-electron chi connectivity index (χ1n) is 18.3. The second-order valence-electron chi connectivity index (χ2n) is 9.27. The highest BCUT2D eigenvalue weighted by Gasteiger charge is 2.20. The van der Waals surface area contributed by atoms with Crippen LogP contribution in [0.5, 0.6) is 0 Å². The number of furan rings is 1. The third kappa shape index (κ3) is 2.76. The molecule has 0 aliphatic rings. The molecular weight excluding hydrogens is 476 g/mol. The molecule has 9 aromatic rings. The fourth-order valence-electron chi connectivity index (χ4n) is 5.76. The van der Waals surface area contributed by atoms with E-state index >= 15 is 0 Å². The Morgan fingerprint density at radius 1 is 0.462 bits per heavy atom. The van der Waals surface area contributed by atoms with Crippen molar-refractivity contribution in [2.75, 3.05) is 0 Å². The Bertz CT molecular complexity index is 3040. The van der Waals surface area contributed by atoms with E-state index in [0.29, 0.717) is 32.8 Å². The Labute approximate surface area is 240 Å². The van der Waals surface area contributed by atoms with Crippen molar-refractivity contribution in [1.82, 2.24) is 9.13 Å². The van der Waals surface area contributed by atoms with E-state index in [4.69, 9.17) is 18.1 Å². The fraction of sp³-hybridized carbons (Fsp3) is 0. The molecule has 3 aromatic heterocycles. The van der Waals surface area contributed by atoms with Gasteiger partial charge in [-0.2, -0.15) is 0 Å². The molecule has 0 aliphatic heterocycles. The summed E-state index contributed by atoms with van der Waals surface area (Å²) in [6.45, 7) is 0. The summed E-state index contributed by atoms with van der Waals surface area (Å²) in [6.07, 6.45) is 0. The van der Waals surface area contributed by atoms with Gasteiger partial charge < -0.3 is 13.6 Å². The summed E-state index contributed by atoms with van der Waals surface area (Å²) in [6, 6.07) is 13.3. The van der Waals surface area contributed by atoms with E-state index in [1.165, 1.54) is 0 Å². The third-order valence-corrected chi connectivity index (χ3v) is 7.28. The average molecular weight is 511 g/mol. The monoisotopic (exact) mass is 510 g/mol. The molecule has 3 heteroatoms. The van der Waals surface area contributed by atoms with Crippen LogP contribution in [-0.2, 0) is 0 Å². The molecule has 39 heavy (non-hydrogen) atoms. The number of rotatable bonds is 2. The van der Waals surface area contributed by atoms with Crippen LogP contribution in [0.25, 0.3) is 76.9 Å². The number of nitrogens with zero attached hydrogens (tertiary/aromatic N) is 2. The van der Waals surface area contributed by atoms with Gasteiger partial charge in [-0.25, -0.2) is 0 Å². The van der Waals surface area contributed by atoms with Crippen LogP contribution in [0, 0.1) is 0 Å². The molecule has 0 atom stereocenters. The molecule has 182 valence electrons. The number of fused-ring (bicyclic) bond motifs is 10. The van der Waals surface area contributed by atoms with E-state index in [1.807, 2.05) is 48.5 Å². The van der Waals surface area contributed by atoms with Gasteiger partial charge in [-0.15, -0.1) is 0 Å². The van der Waals surface area contributed by atoms with Crippen LogP contribution in [0.3, 0.4) is 0 Å². The van der Waals surface area contributed by atoms with Crippen molar-refractivity contribution >= 4 is 65.6 Å². The van der Waals surface area contributed by atoms with Gasteiger partial charge in [0.05, 0.1) is 38.5 Å². The van der Waals surface area contributed by atoms with Gasteiger partial charge in [-0.05, 0) is 54.5 Å². The molecule has 0 N–H and O–H groups in total. The first kappa shape index (κ1) is 12.5. The SMILES string of the molecule is [2H]c1c([2H])c([2H])c(-n2c3ccccc3c3c4c5ccccc5n(-c5c([2H])c([2H])c6c(oc7c([2H])c([2H])c([2H])c([2H])c76)c5[2H])c4ccc32)c([2H])c1[2H]. The van der Waals surface area contributed by atoms with Crippen molar-refractivity contribution in [3.8, 4) is 11.4 Å². The predicted molar refractivity (Wildman–Crippen MR) is 162 cm³/mol. The van der Waals surface area contributed by atoms with E-state index in [2.05, 4.69) is 0 Å². The average Bonchev–Trinajstić information content (AvgIpc) is 3.80. The molecule has 0 amide bonds. The van der Waals surface area contributed by atoms with Crippen molar-refractivity contribution < 1.29 is 20.9 Å². The topological polar surface area (TPSA) is 23.0 Å². The maximum absolute atomic E-state index is 9.37. The van der Waals surface area contributed by atoms with E-state index in [0.717, 1.165) is 10.8 Å². The van der Waals surface area contributed by atoms with Gasteiger partial charge in [-0.1, -0.05) is 72.7 Å². The number of benzene rings is 6. The van der Waals surface area contributed by atoms with Crippen LogP contribution in [-0.4, -0.2) is 9.13 Å². The minimum atomic E-state index is -0.509. The smallest absolute Gasteiger partial charge is 0.137 e. The number of para-hydroxylation sites is 4. The summed E-state index contributed by atoms with van der Waals surface area (Å²) in [7, 11) is 0. The van der Waals surface area contributed by atoms with Gasteiger partial charge in [0.25, 0.3) is 0 Å². The molecule has 0 radical (unpaired) electrons. The van der Waals surface area contributed by atoms with E-state index < -0.39 is 42.3 Å². The molecule has 3 heterocycles. The van der Waals surface area contributed by atoms with E-state index in [-0.39, 0.29) is 63.5 Å². The van der Waals surface area contributed by atoms with Gasteiger partial charge >= 0.3 is 0 Å². The lowest BCUT2D eigenvalue weighted by Crippen LogP contribution is -1.94. The van der Waals surface area contributed by atoms with Crippen molar-refractivity contribution in [3.63, 3.8) is 0 Å².